The van der Waals surface area contributed by atoms with Gasteiger partial charge in [-0.25, -0.2) is 0 Å². The van der Waals surface area contributed by atoms with Crippen LogP contribution in [-0.2, 0) is 6.54 Å². The number of rotatable bonds is 8. The van der Waals surface area contributed by atoms with Gasteiger partial charge in [-0.05, 0) is 49.6 Å². The van der Waals surface area contributed by atoms with Gasteiger partial charge in [0.2, 0.25) is 0 Å². The zero-order valence-electron chi connectivity index (χ0n) is 15.2. The Morgan fingerprint density at radius 3 is 2.58 bits per heavy atom. The van der Waals surface area contributed by atoms with Crippen LogP contribution in [0, 0.1) is 0 Å². The predicted molar refractivity (Wildman–Crippen MR) is 103 cm³/mol. The fourth-order valence-corrected chi connectivity index (χ4v) is 2.92. The molecule has 5 heteroatoms. The summed E-state index contributed by atoms with van der Waals surface area (Å²) in [6.07, 6.45) is 2.04. The Morgan fingerprint density at radius 2 is 1.77 bits per heavy atom. The third-order valence-corrected chi connectivity index (χ3v) is 4.12. The molecule has 0 aliphatic rings. The lowest BCUT2D eigenvalue weighted by molar-refractivity contribution is 0.0952. The van der Waals surface area contributed by atoms with Gasteiger partial charge >= 0.3 is 0 Å². The maximum absolute atomic E-state index is 12.4. The number of fused-ring (bicyclic) bond motifs is 1. The Hall–Kier alpha value is -2.95. The largest absolute Gasteiger partial charge is 0.490 e. The van der Waals surface area contributed by atoms with Gasteiger partial charge in [-0.2, -0.15) is 0 Å². The normalized spacial score (nSPS) is 10.7. The zero-order valence-corrected chi connectivity index (χ0v) is 15.2. The van der Waals surface area contributed by atoms with Crippen molar-refractivity contribution < 1.29 is 14.3 Å². The summed E-state index contributed by atoms with van der Waals surface area (Å²) >= 11 is 0. The Labute approximate surface area is 153 Å². The smallest absolute Gasteiger partial charge is 0.251 e. The lowest BCUT2D eigenvalue weighted by atomic mass is 10.2. The Balaban J connectivity index is 1.63. The number of hydrogen-bond donors (Lipinski definition) is 1. The Kier molecular flexibility index (Phi) is 5.79. The average Bonchev–Trinajstić information content (AvgIpc) is 3.07. The molecule has 0 aliphatic heterocycles. The number of aromatic nitrogens is 1. The minimum atomic E-state index is -0.120. The zero-order chi connectivity index (χ0) is 18.4. The van der Waals surface area contributed by atoms with Gasteiger partial charge in [0.1, 0.15) is 0 Å². The molecule has 0 bridgehead atoms. The summed E-state index contributed by atoms with van der Waals surface area (Å²) in [6.45, 7) is 6.16. The van der Waals surface area contributed by atoms with Crippen molar-refractivity contribution in [3.63, 3.8) is 0 Å². The molecule has 26 heavy (non-hydrogen) atoms. The first-order valence-electron chi connectivity index (χ1n) is 8.94. The monoisotopic (exact) mass is 352 g/mol. The van der Waals surface area contributed by atoms with Crippen LogP contribution in [0.3, 0.4) is 0 Å². The molecule has 1 aromatic heterocycles. The molecule has 0 spiro atoms. The highest BCUT2D eigenvalue weighted by molar-refractivity contribution is 5.94. The van der Waals surface area contributed by atoms with Crippen LogP contribution in [0.4, 0.5) is 0 Å². The highest BCUT2D eigenvalue weighted by Crippen LogP contribution is 2.28. The molecule has 5 nitrogen and oxygen atoms in total. The molecule has 0 unspecified atom stereocenters. The first-order valence-corrected chi connectivity index (χ1v) is 8.94. The number of para-hydroxylation sites is 1. The van der Waals surface area contributed by atoms with Crippen molar-refractivity contribution >= 4 is 16.8 Å². The van der Waals surface area contributed by atoms with E-state index in [0.29, 0.717) is 43.4 Å². The van der Waals surface area contributed by atoms with Gasteiger partial charge in [-0.3, -0.25) is 4.79 Å². The summed E-state index contributed by atoms with van der Waals surface area (Å²) in [5.74, 6) is 1.13. The van der Waals surface area contributed by atoms with Gasteiger partial charge in [-0.1, -0.05) is 18.2 Å². The minimum Gasteiger partial charge on any atom is -0.490 e. The van der Waals surface area contributed by atoms with Crippen LogP contribution in [0.25, 0.3) is 10.9 Å². The van der Waals surface area contributed by atoms with Gasteiger partial charge in [0, 0.05) is 30.4 Å². The van der Waals surface area contributed by atoms with Crippen molar-refractivity contribution in [1.29, 1.82) is 0 Å². The van der Waals surface area contributed by atoms with Crippen molar-refractivity contribution in [3.8, 4) is 11.5 Å². The summed E-state index contributed by atoms with van der Waals surface area (Å²) in [5, 5.41) is 4.17. The molecule has 3 rings (SSSR count). The maximum Gasteiger partial charge on any atom is 0.251 e. The van der Waals surface area contributed by atoms with Crippen molar-refractivity contribution in [2.24, 2.45) is 0 Å². The van der Waals surface area contributed by atoms with Crippen LogP contribution in [0.1, 0.15) is 24.2 Å². The number of carbonyl (C=O) groups is 1. The van der Waals surface area contributed by atoms with E-state index in [0.717, 1.165) is 0 Å². The second-order valence-corrected chi connectivity index (χ2v) is 5.85. The van der Waals surface area contributed by atoms with Crippen LogP contribution in [-0.4, -0.2) is 30.2 Å². The Bertz CT molecular complexity index is 886. The lowest BCUT2D eigenvalue weighted by Gasteiger charge is -2.13. The van der Waals surface area contributed by atoms with Gasteiger partial charge in [0.25, 0.3) is 5.91 Å². The summed E-state index contributed by atoms with van der Waals surface area (Å²) < 4.78 is 13.3. The molecule has 1 amide bonds. The van der Waals surface area contributed by atoms with Crippen LogP contribution in [0.5, 0.6) is 11.5 Å². The van der Waals surface area contributed by atoms with Gasteiger partial charge in [-0.15, -0.1) is 0 Å². The van der Waals surface area contributed by atoms with Gasteiger partial charge in [0.15, 0.2) is 11.5 Å². The van der Waals surface area contributed by atoms with E-state index in [4.69, 9.17) is 9.47 Å². The molecule has 3 aromatic rings. The molecule has 0 radical (unpaired) electrons. The van der Waals surface area contributed by atoms with Crippen LogP contribution < -0.4 is 14.8 Å². The molecule has 0 saturated heterocycles. The molecule has 0 saturated carbocycles. The lowest BCUT2D eigenvalue weighted by Crippen LogP contribution is -2.27. The molecule has 2 aromatic carbocycles. The number of ether oxygens (including phenoxy) is 2. The third kappa shape index (κ3) is 3.99. The number of amides is 1. The molecular formula is C21H24N2O3. The van der Waals surface area contributed by atoms with Gasteiger partial charge < -0.3 is 19.4 Å². The van der Waals surface area contributed by atoms with E-state index in [1.165, 1.54) is 10.9 Å². The summed E-state index contributed by atoms with van der Waals surface area (Å²) in [6, 6.07) is 15.6. The molecule has 1 N–H and O–H groups in total. The van der Waals surface area contributed by atoms with E-state index in [2.05, 4.69) is 28.1 Å². The molecule has 136 valence electrons. The minimum absolute atomic E-state index is 0.120. The first kappa shape index (κ1) is 17.9. The fourth-order valence-electron chi connectivity index (χ4n) is 2.92. The van der Waals surface area contributed by atoms with E-state index in [1.807, 2.05) is 32.2 Å². The molecule has 1 heterocycles. The van der Waals surface area contributed by atoms with E-state index in [1.54, 1.807) is 18.2 Å². The van der Waals surface area contributed by atoms with Crippen molar-refractivity contribution in [2.75, 3.05) is 19.8 Å². The van der Waals surface area contributed by atoms with Gasteiger partial charge in [0.05, 0.1) is 13.2 Å². The van der Waals surface area contributed by atoms with E-state index < -0.39 is 0 Å². The van der Waals surface area contributed by atoms with Crippen molar-refractivity contribution in [3.05, 3.63) is 60.3 Å². The van der Waals surface area contributed by atoms with Crippen molar-refractivity contribution in [2.45, 2.75) is 20.4 Å². The highest BCUT2D eigenvalue weighted by atomic mass is 16.5. The van der Waals surface area contributed by atoms with Crippen LogP contribution in [0.15, 0.2) is 54.7 Å². The second kappa shape index (κ2) is 8.43. The average molecular weight is 352 g/mol. The predicted octanol–water partition coefficient (Wildman–Crippen LogP) is 3.87. The topological polar surface area (TPSA) is 52.5 Å². The molecular weight excluding hydrogens is 328 g/mol. The number of nitrogens with zero attached hydrogens (tertiary/aromatic N) is 1. The SMILES string of the molecule is CCOc1ccc(C(=O)NCCn2ccc3ccccc32)cc1OCC. The quantitative estimate of drug-likeness (QED) is 0.670. The van der Waals surface area contributed by atoms with Crippen LogP contribution in [0.2, 0.25) is 0 Å². The number of benzene rings is 2. The van der Waals surface area contributed by atoms with E-state index in [9.17, 15) is 4.79 Å². The summed E-state index contributed by atoms with van der Waals surface area (Å²) in [5.41, 5.74) is 1.73. The maximum atomic E-state index is 12.4. The second-order valence-electron chi connectivity index (χ2n) is 5.85. The molecule has 0 atom stereocenters. The first-order chi connectivity index (χ1) is 12.7. The molecule has 0 fully saturated rings. The van der Waals surface area contributed by atoms with E-state index >= 15 is 0 Å². The number of hydrogen-bond acceptors (Lipinski definition) is 3. The molecule has 0 aliphatic carbocycles. The third-order valence-electron chi connectivity index (χ3n) is 4.12. The number of carbonyl (C=O) groups excluding carboxylic acids is 1. The Morgan fingerprint density at radius 1 is 1.00 bits per heavy atom. The summed E-state index contributed by atoms with van der Waals surface area (Å²) in [7, 11) is 0. The fraction of sp³-hybridized carbons (Fsp3) is 0.286. The summed E-state index contributed by atoms with van der Waals surface area (Å²) in [4.78, 5) is 12.4. The number of nitrogens with one attached hydrogen (secondary N) is 1. The highest BCUT2D eigenvalue weighted by Gasteiger charge is 2.11. The van der Waals surface area contributed by atoms with Crippen molar-refractivity contribution in [1.82, 2.24) is 9.88 Å². The van der Waals surface area contributed by atoms with E-state index in [-0.39, 0.29) is 5.91 Å². The standard InChI is InChI=1S/C21H24N2O3/c1-3-25-19-10-9-17(15-20(19)26-4-2)21(24)22-12-14-23-13-11-16-7-5-6-8-18(16)23/h5-11,13,15H,3-4,12,14H2,1-2H3,(H,22,24). The van der Waals surface area contributed by atoms with Crippen LogP contribution >= 0.6 is 0 Å².